The minimum atomic E-state index is -0.0155. The van der Waals surface area contributed by atoms with Crippen LogP contribution in [0.5, 0.6) is 0 Å². The standard InChI is InChI=1S/C20H25N3O2/c1-2-25-14-15-7-6-12-23(13-15)20(24)17-10-11-22-19(18(17)21)16-8-4-3-5-9-16/h3-5,8-11,15H,2,6-7,12-14,21H2,1H3/t15-/m1/s1. The molecule has 1 aromatic heterocycles. The number of pyridine rings is 1. The first-order valence-corrected chi connectivity index (χ1v) is 8.87. The van der Waals surface area contributed by atoms with Crippen LogP contribution < -0.4 is 5.73 Å². The molecule has 1 saturated heterocycles. The molecular formula is C20H25N3O2. The van der Waals surface area contributed by atoms with Gasteiger partial charge in [-0.1, -0.05) is 30.3 Å². The number of ether oxygens (including phenoxy) is 1. The van der Waals surface area contributed by atoms with Crippen molar-refractivity contribution in [1.29, 1.82) is 0 Å². The van der Waals surface area contributed by atoms with Crippen molar-refractivity contribution in [2.75, 3.05) is 32.0 Å². The number of hydrogen-bond acceptors (Lipinski definition) is 4. The summed E-state index contributed by atoms with van der Waals surface area (Å²) in [6.07, 6.45) is 3.76. The van der Waals surface area contributed by atoms with Crippen molar-refractivity contribution in [3.63, 3.8) is 0 Å². The first-order valence-electron chi connectivity index (χ1n) is 8.87. The van der Waals surface area contributed by atoms with E-state index in [0.717, 1.165) is 31.5 Å². The molecule has 1 atom stereocenters. The molecule has 2 aromatic rings. The quantitative estimate of drug-likeness (QED) is 0.908. The normalized spacial score (nSPS) is 17.5. The summed E-state index contributed by atoms with van der Waals surface area (Å²) in [6, 6.07) is 11.4. The second-order valence-corrected chi connectivity index (χ2v) is 6.41. The largest absolute Gasteiger partial charge is 0.396 e. The molecule has 0 bridgehead atoms. The fourth-order valence-corrected chi connectivity index (χ4v) is 3.33. The summed E-state index contributed by atoms with van der Waals surface area (Å²) in [5, 5.41) is 0. The van der Waals surface area contributed by atoms with Gasteiger partial charge in [-0.15, -0.1) is 0 Å². The molecule has 0 saturated carbocycles. The van der Waals surface area contributed by atoms with Gasteiger partial charge in [0.25, 0.3) is 5.91 Å². The molecule has 132 valence electrons. The molecule has 0 aliphatic carbocycles. The van der Waals surface area contributed by atoms with Crippen molar-refractivity contribution in [3.05, 3.63) is 48.2 Å². The number of nitrogens with zero attached hydrogens (tertiary/aromatic N) is 2. The molecule has 0 radical (unpaired) electrons. The first-order chi connectivity index (χ1) is 12.2. The predicted octanol–water partition coefficient (Wildman–Crippen LogP) is 3.22. The van der Waals surface area contributed by atoms with Gasteiger partial charge >= 0.3 is 0 Å². The SMILES string of the molecule is CCOC[C@@H]1CCCN(C(=O)c2ccnc(-c3ccccc3)c2N)C1. The Bertz CT molecular complexity index is 718. The van der Waals surface area contributed by atoms with E-state index in [0.29, 0.717) is 36.1 Å². The van der Waals surface area contributed by atoms with E-state index < -0.39 is 0 Å². The zero-order valence-corrected chi connectivity index (χ0v) is 14.6. The van der Waals surface area contributed by atoms with E-state index in [1.807, 2.05) is 42.2 Å². The number of carbonyl (C=O) groups excluding carboxylic acids is 1. The maximum atomic E-state index is 13.0. The molecule has 5 nitrogen and oxygen atoms in total. The van der Waals surface area contributed by atoms with Crippen molar-refractivity contribution >= 4 is 11.6 Å². The summed E-state index contributed by atoms with van der Waals surface area (Å²) in [5.74, 6) is 0.382. The van der Waals surface area contributed by atoms with Gasteiger partial charge in [-0.05, 0) is 31.7 Å². The maximum absolute atomic E-state index is 13.0. The topological polar surface area (TPSA) is 68.5 Å². The summed E-state index contributed by atoms with van der Waals surface area (Å²) in [7, 11) is 0. The summed E-state index contributed by atoms with van der Waals surface area (Å²) < 4.78 is 5.53. The summed E-state index contributed by atoms with van der Waals surface area (Å²) in [4.78, 5) is 19.3. The average molecular weight is 339 g/mol. The van der Waals surface area contributed by atoms with Gasteiger partial charge in [0.1, 0.15) is 0 Å². The molecule has 0 spiro atoms. The number of amides is 1. The van der Waals surface area contributed by atoms with Gasteiger partial charge in [0.2, 0.25) is 0 Å². The van der Waals surface area contributed by atoms with Crippen molar-refractivity contribution in [1.82, 2.24) is 9.88 Å². The molecule has 2 N–H and O–H groups in total. The molecule has 1 aliphatic heterocycles. The second kappa shape index (κ2) is 8.12. The Morgan fingerprint density at radius 1 is 1.32 bits per heavy atom. The molecule has 25 heavy (non-hydrogen) atoms. The lowest BCUT2D eigenvalue weighted by Gasteiger charge is -2.33. The van der Waals surface area contributed by atoms with Crippen LogP contribution in [0.15, 0.2) is 42.6 Å². The first kappa shape index (κ1) is 17.4. The van der Waals surface area contributed by atoms with E-state index in [-0.39, 0.29) is 5.91 Å². The highest BCUT2D eigenvalue weighted by Crippen LogP contribution is 2.28. The van der Waals surface area contributed by atoms with Crippen molar-refractivity contribution in [2.45, 2.75) is 19.8 Å². The predicted molar refractivity (Wildman–Crippen MR) is 99.2 cm³/mol. The number of hydrogen-bond donors (Lipinski definition) is 1. The lowest BCUT2D eigenvalue weighted by Crippen LogP contribution is -2.41. The Hall–Kier alpha value is -2.40. The van der Waals surface area contributed by atoms with E-state index in [1.54, 1.807) is 12.3 Å². The van der Waals surface area contributed by atoms with Gasteiger partial charge in [0, 0.05) is 31.5 Å². The van der Waals surface area contributed by atoms with Crippen LogP contribution in [0.2, 0.25) is 0 Å². The fourth-order valence-electron chi connectivity index (χ4n) is 3.33. The van der Waals surface area contributed by atoms with E-state index in [9.17, 15) is 4.79 Å². The molecule has 2 heterocycles. The number of carbonyl (C=O) groups is 1. The molecule has 0 unspecified atom stereocenters. The third-order valence-electron chi connectivity index (χ3n) is 4.63. The Kier molecular flexibility index (Phi) is 5.66. The lowest BCUT2D eigenvalue weighted by atomic mass is 9.97. The van der Waals surface area contributed by atoms with Crippen molar-refractivity contribution in [3.8, 4) is 11.3 Å². The van der Waals surface area contributed by atoms with Crippen LogP contribution in [0.25, 0.3) is 11.3 Å². The van der Waals surface area contributed by atoms with Crippen LogP contribution in [0.1, 0.15) is 30.1 Å². The Morgan fingerprint density at radius 3 is 2.88 bits per heavy atom. The molecular weight excluding hydrogens is 314 g/mol. The van der Waals surface area contributed by atoms with Gasteiger partial charge < -0.3 is 15.4 Å². The number of benzene rings is 1. The zero-order valence-electron chi connectivity index (χ0n) is 14.6. The van der Waals surface area contributed by atoms with Gasteiger partial charge in [0.15, 0.2) is 0 Å². The van der Waals surface area contributed by atoms with Gasteiger partial charge in [0.05, 0.1) is 23.6 Å². The highest BCUT2D eigenvalue weighted by molar-refractivity contribution is 6.01. The minimum Gasteiger partial charge on any atom is -0.396 e. The van der Waals surface area contributed by atoms with E-state index in [1.165, 1.54) is 0 Å². The summed E-state index contributed by atoms with van der Waals surface area (Å²) in [5.41, 5.74) is 8.87. The molecule has 1 aromatic carbocycles. The highest BCUT2D eigenvalue weighted by Gasteiger charge is 2.26. The van der Waals surface area contributed by atoms with Crippen molar-refractivity contribution in [2.24, 2.45) is 5.92 Å². The molecule has 5 heteroatoms. The number of piperidine rings is 1. The fraction of sp³-hybridized carbons (Fsp3) is 0.400. The van der Waals surface area contributed by atoms with Gasteiger partial charge in [-0.25, -0.2) is 0 Å². The number of anilines is 1. The maximum Gasteiger partial charge on any atom is 0.256 e. The van der Waals surface area contributed by atoms with Crippen LogP contribution in [-0.2, 0) is 4.74 Å². The third kappa shape index (κ3) is 3.99. The number of likely N-dealkylation sites (tertiary alicyclic amines) is 1. The zero-order chi connectivity index (χ0) is 17.6. The van der Waals surface area contributed by atoms with Gasteiger partial charge in [-0.3, -0.25) is 9.78 Å². The van der Waals surface area contributed by atoms with E-state index in [2.05, 4.69) is 4.98 Å². The minimum absolute atomic E-state index is 0.0155. The van der Waals surface area contributed by atoms with E-state index >= 15 is 0 Å². The number of aromatic nitrogens is 1. The lowest BCUT2D eigenvalue weighted by molar-refractivity contribution is 0.0502. The van der Waals surface area contributed by atoms with Gasteiger partial charge in [-0.2, -0.15) is 0 Å². The number of nitrogen functional groups attached to an aromatic ring is 1. The average Bonchev–Trinajstić information content (AvgIpc) is 2.67. The summed E-state index contributed by atoms with van der Waals surface area (Å²) in [6.45, 7) is 4.91. The highest BCUT2D eigenvalue weighted by atomic mass is 16.5. The monoisotopic (exact) mass is 339 g/mol. The Balaban J connectivity index is 1.80. The molecule has 1 amide bonds. The Labute approximate surface area is 148 Å². The molecule has 3 rings (SSSR count). The summed E-state index contributed by atoms with van der Waals surface area (Å²) >= 11 is 0. The van der Waals surface area contributed by atoms with Crippen LogP contribution in [0, 0.1) is 5.92 Å². The van der Waals surface area contributed by atoms with E-state index in [4.69, 9.17) is 10.5 Å². The van der Waals surface area contributed by atoms with Crippen molar-refractivity contribution < 1.29 is 9.53 Å². The number of rotatable bonds is 5. The second-order valence-electron chi connectivity index (χ2n) is 6.41. The smallest absolute Gasteiger partial charge is 0.256 e. The van der Waals surface area contributed by atoms with Crippen LogP contribution >= 0.6 is 0 Å². The third-order valence-corrected chi connectivity index (χ3v) is 4.63. The molecule has 1 aliphatic rings. The van der Waals surface area contributed by atoms with Crippen LogP contribution in [0.4, 0.5) is 5.69 Å². The number of nitrogens with two attached hydrogens (primary N) is 1. The Morgan fingerprint density at radius 2 is 2.12 bits per heavy atom. The van der Waals surface area contributed by atoms with Crippen LogP contribution in [0.3, 0.4) is 0 Å². The van der Waals surface area contributed by atoms with Crippen LogP contribution in [-0.4, -0.2) is 42.1 Å². The molecule has 1 fully saturated rings.